The van der Waals surface area contributed by atoms with Crippen LogP contribution in [0.15, 0.2) is 30.5 Å². The quantitative estimate of drug-likeness (QED) is 0.149. The number of aliphatic carboxylic acids is 3. The summed E-state index contributed by atoms with van der Waals surface area (Å²) in [6.45, 7) is 3.73. The molecule has 0 saturated carbocycles. The number of hydrogen-bond donors (Lipinski definition) is 4. The number of halogens is 2. The van der Waals surface area contributed by atoms with Crippen LogP contribution in [-0.2, 0) is 24.0 Å². The molecule has 4 heterocycles. The van der Waals surface area contributed by atoms with E-state index in [2.05, 4.69) is 15.2 Å². The minimum atomic E-state index is -3.17. The van der Waals surface area contributed by atoms with E-state index in [4.69, 9.17) is 4.74 Å². The van der Waals surface area contributed by atoms with Crippen molar-refractivity contribution in [2.45, 2.75) is 24.8 Å². The Kier molecular flexibility index (Phi) is 20.0. The first-order chi connectivity index (χ1) is 29.6. The van der Waals surface area contributed by atoms with E-state index < -0.39 is 61.2 Å². The second kappa shape index (κ2) is 24.6. The summed E-state index contributed by atoms with van der Waals surface area (Å²) in [5.41, 5.74) is 0.709. The summed E-state index contributed by atoms with van der Waals surface area (Å²) in [6.07, 6.45) is 1.35. The molecular weight excluding hydrogens is 993 g/mol. The van der Waals surface area contributed by atoms with Crippen LogP contribution in [0.25, 0.3) is 10.9 Å². The molecule has 3 saturated heterocycles. The van der Waals surface area contributed by atoms with Crippen molar-refractivity contribution in [3.05, 3.63) is 36.0 Å². The first-order valence-electron chi connectivity index (χ1n) is 20.5. The number of carbonyl (C=O) groups excluding carboxylic acids is 3. The zero-order valence-corrected chi connectivity index (χ0v) is 36.4. The van der Waals surface area contributed by atoms with E-state index >= 15 is 0 Å². The summed E-state index contributed by atoms with van der Waals surface area (Å²) in [7, 11) is 0. The number of amides is 3. The first-order valence-corrected chi connectivity index (χ1v) is 20.5. The molecule has 3 amide bonds. The molecular formula is C40H54F2LuN10O10. The number of piperazine rings is 1. The van der Waals surface area contributed by atoms with Crippen LogP contribution in [0.1, 0.15) is 23.2 Å². The molecule has 1 aromatic heterocycles. The number of carboxylic acids is 3. The number of rotatable bonds is 16. The fourth-order valence-electron chi connectivity index (χ4n) is 7.74. The fourth-order valence-corrected chi connectivity index (χ4v) is 7.74. The molecule has 63 heavy (non-hydrogen) atoms. The third-order valence-electron chi connectivity index (χ3n) is 11.1. The van der Waals surface area contributed by atoms with Crippen LogP contribution >= 0.6 is 0 Å². The van der Waals surface area contributed by atoms with Crippen molar-refractivity contribution in [2.75, 3.05) is 131 Å². The van der Waals surface area contributed by atoms with Gasteiger partial charge in [-0.25, -0.2) is 8.78 Å². The molecule has 1 atom stereocenters. The standard InChI is InChI=1S/C40H54F2N10O10.Lu/c41-40(42)21-29(22-43)52(28-40)34(53)23-45-39(61)31-4-5-44-33-3-2-30(20-32(31)33)62-19-1-6-46-15-17-51(18-16-46)35(54)24-47-7-9-48(25-36(55)56)11-13-50(27-38(59)60)14-12-49(10-8-47)26-37(57)58;/h2-5,20,29H,1,6-19,21,23-28H2,(H,45,61)(H,55,56)(H,57,58)(H,59,60);/t29-;/m0./s1. The summed E-state index contributed by atoms with van der Waals surface area (Å²) in [6, 6.07) is 7.01. The number of nitrogens with zero attached hydrogens (tertiary/aromatic N) is 9. The van der Waals surface area contributed by atoms with Crippen molar-refractivity contribution in [3.63, 3.8) is 0 Å². The van der Waals surface area contributed by atoms with E-state index in [-0.39, 0.29) is 87.6 Å². The van der Waals surface area contributed by atoms with Gasteiger partial charge in [0, 0.05) is 140 Å². The van der Waals surface area contributed by atoms with Crippen LogP contribution in [0.3, 0.4) is 0 Å². The van der Waals surface area contributed by atoms with Crippen molar-refractivity contribution in [1.29, 1.82) is 5.26 Å². The number of nitrogens with one attached hydrogen (secondary N) is 1. The van der Waals surface area contributed by atoms with Crippen LogP contribution < -0.4 is 10.1 Å². The third-order valence-corrected chi connectivity index (χ3v) is 11.1. The number of pyridine rings is 1. The number of ether oxygens (including phenoxy) is 1. The average molecular weight is 1050 g/mol. The van der Waals surface area contributed by atoms with Gasteiger partial charge in [0.2, 0.25) is 11.8 Å². The van der Waals surface area contributed by atoms with Crippen molar-refractivity contribution >= 4 is 46.5 Å². The second-order valence-corrected chi connectivity index (χ2v) is 15.7. The van der Waals surface area contributed by atoms with E-state index in [0.717, 1.165) is 4.90 Å². The van der Waals surface area contributed by atoms with Gasteiger partial charge < -0.3 is 35.2 Å². The van der Waals surface area contributed by atoms with Crippen LogP contribution in [0.5, 0.6) is 5.75 Å². The molecule has 3 aliphatic rings. The summed E-state index contributed by atoms with van der Waals surface area (Å²) in [5.74, 6) is -7.24. The van der Waals surface area contributed by atoms with Gasteiger partial charge >= 0.3 is 17.9 Å². The number of nitriles is 1. The number of hydrogen-bond acceptors (Lipinski definition) is 14. The molecule has 20 nitrogen and oxygen atoms in total. The van der Waals surface area contributed by atoms with Gasteiger partial charge in [-0.3, -0.25) is 58.3 Å². The molecule has 2 aromatic rings. The molecule has 353 valence electrons. The predicted molar refractivity (Wildman–Crippen MR) is 217 cm³/mol. The Morgan fingerprint density at radius 1 is 0.762 bits per heavy atom. The van der Waals surface area contributed by atoms with E-state index in [1.54, 1.807) is 43.9 Å². The Bertz CT molecular complexity index is 1940. The zero-order chi connectivity index (χ0) is 44.8. The van der Waals surface area contributed by atoms with Gasteiger partial charge in [-0.2, -0.15) is 5.26 Å². The minimum absolute atomic E-state index is 0. The van der Waals surface area contributed by atoms with Gasteiger partial charge in [0.1, 0.15) is 11.8 Å². The Balaban J connectivity index is 0.00000871. The number of fused-ring (bicyclic) bond motifs is 1. The molecule has 0 unspecified atom stereocenters. The monoisotopic (exact) mass is 1050 g/mol. The molecule has 23 heteroatoms. The Hall–Kier alpha value is -4.37. The number of aromatic nitrogens is 1. The molecule has 4 N–H and O–H groups in total. The maximum Gasteiger partial charge on any atom is 0.317 e. The van der Waals surface area contributed by atoms with Crippen molar-refractivity contribution in [2.24, 2.45) is 0 Å². The summed E-state index contributed by atoms with van der Waals surface area (Å²) < 4.78 is 33.6. The molecule has 1 radical (unpaired) electrons. The maximum absolute atomic E-state index is 13.8. The van der Waals surface area contributed by atoms with E-state index in [1.807, 2.05) is 4.90 Å². The van der Waals surface area contributed by atoms with Gasteiger partial charge in [0.25, 0.3) is 11.8 Å². The van der Waals surface area contributed by atoms with Crippen LogP contribution in [0.4, 0.5) is 8.78 Å². The van der Waals surface area contributed by atoms with E-state index in [9.17, 15) is 58.1 Å². The SMILES string of the molecule is N#C[C@@H]1CC(F)(F)CN1C(=O)CNC(=O)c1ccnc2ccc(OCCCN3CCN(C(=O)CN4CCN(CC(=O)O)CCN(CC(=O)O)CCN(CC(=O)O)CC4)CC3)cc12.[Lu]. The minimum Gasteiger partial charge on any atom is -0.494 e. The normalized spacial score (nSPS) is 19.9. The topological polar surface area (TPSA) is 244 Å². The molecule has 3 fully saturated rings. The number of alkyl halides is 2. The first kappa shape index (κ1) is 51.3. The number of carboxylic acid groups (broad SMARTS) is 3. The van der Waals surface area contributed by atoms with Crippen molar-refractivity contribution < 1.29 is 94.5 Å². The molecule has 1 aromatic carbocycles. The van der Waals surface area contributed by atoms with Gasteiger partial charge in [-0.05, 0) is 30.7 Å². The van der Waals surface area contributed by atoms with Crippen molar-refractivity contribution in [1.82, 2.24) is 44.6 Å². The summed E-state index contributed by atoms with van der Waals surface area (Å²) >= 11 is 0. The predicted octanol–water partition coefficient (Wildman–Crippen LogP) is -0.887. The van der Waals surface area contributed by atoms with Gasteiger partial charge in [0.05, 0.1) is 63.0 Å². The molecule has 0 bridgehead atoms. The average Bonchev–Trinajstić information content (AvgIpc) is 3.55. The molecule has 0 spiro atoms. The fraction of sp³-hybridized carbons (Fsp3) is 0.600. The Morgan fingerprint density at radius 2 is 1.29 bits per heavy atom. The van der Waals surface area contributed by atoms with Crippen LogP contribution in [0, 0.1) is 48.2 Å². The Labute approximate surface area is 392 Å². The van der Waals surface area contributed by atoms with Gasteiger partial charge in [-0.1, -0.05) is 0 Å². The molecule has 5 rings (SSSR count). The number of likely N-dealkylation sites (tertiary alicyclic amines) is 1. The van der Waals surface area contributed by atoms with Crippen molar-refractivity contribution in [3.8, 4) is 11.8 Å². The number of benzene rings is 1. The van der Waals surface area contributed by atoms with E-state index in [0.29, 0.717) is 102 Å². The Morgan fingerprint density at radius 3 is 1.81 bits per heavy atom. The van der Waals surface area contributed by atoms with E-state index in [1.165, 1.54) is 12.3 Å². The second-order valence-electron chi connectivity index (χ2n) is 15.7. The molecule has 3 aliphatic heterocycles. The largest absolute Gasteiger partial charge is 0.494 e. The summed E-state index contributed by atoms with van der Waals surface area (Å²) in [4.78, 5) is 90.0. The number of carbonyl (C=O) groups is 6. The molecule has 0 aliphatic carbocycles. The smallest absolute Gasteiger partial charge is 0.317 e. The van der Waals surface area contributed by atoms with Crippen LogP contribution in [0.2, 0.25) is 0 Å². The van der Waals surface area contributed by atoms with Gasteiger partial charge in [0.15, 0.2) is 0 Å². The third kappa shape index (κ3) is 16.3. The van der Waals surface area contributed by atoms with Gasteiger partial charge in [-0.15, -0.1) is 0 Å². The maximum atomic E-state index is 13.8. The van der Waals surface area contributed by atoms with Crippen LogP contribution in [-0.4, -0.2) is 233 Å². The summed E-state index contributed by atoms with van der Waals surface area (Å²) in [5, 5.41) is 40.5. The zero-order valence-electron chi connectivity index (χ0n) is 34.8.